The molecule has 0 unspecified atom stereocenters. The topological polar surface area (TPSA) is 118 Å². The minimum absolute atomic E-state index is 0.0588. The fourth-order valence-corrected chi connectivity index (χ4v) is 2.62. The first-order chi connectivity index (χ1) is 8.94. The van der Waals surface area contributed by atoms with Gasteiger partial charge in [0, 0.05) is 11.8 Å². The smallest absolute Gasteiger partial charge is 0.264 e. The minimum Gasteiger partial charge on any atom is -0.399 e. The molecule has 0 fully saturated rings. The molecule has 2 aromatic rings. The number of nitrogens with one attached hydrogen (secondary N) is 2. The second kappa shape index (κ2) is 5.11. The Hall–Kier alpha value is -2.35. The summed E-state index contributed by atoms with van der Waals surface area (Å²) in [5, 5.41) is 5.71. The summed E-state index contributed by atoms with van der Waals surface area (Å²) < 4.78 is 26.0. The molecule has 1 aromatic heterocycles. The zero-order valence-corrected chi connectivity index (χ0v) is 10.6. The van der Waals surface area contributed by atoms with Crippen LogP contribution in [-0.2, 0) is 15.8 Å². The van der Waals surface area contributed by atoms with Crippen LogP contribution in [0, 0.1) is 0 Å². The van der Waals surface area contributed by atoms with Gasteiger partial charge in [0.05, 0.1) is 5.75 Å². The highest BCUT2D eigenvalue weighted by atomic mass is 32.2. The molecule has 0 saturated carbocycles. The molecule has 8 heteroatoms. The van der Waals surface area contributed by atoms with Crippen LogP contribution in [0.25, 0.3) is 0 Å². The first-order valence-electron chi connectivity index (χ1n) is 5.35. The van der Waals surface area contributed by atoms with E-state index >= 15 is 0 Å². The van der Waals surface area contributed by atoms with E-state index in [9.17, 15) is 13.2 Å². The third-order valence-corrected chi connectivity index (χ3v) is 3.48. The number of anilines is 2. The van der Waals surface area contributed by atoms with Gasteiger partial charge in [-0.05, 0) is 23.8 Å². The number of nitrogen functional groups attached to an aromatic ring is 1. The Kier molecular flexibility index (Phi) is 3.52. The van der Waals surface area contributed by atoms with Crippen LogP contribution in [-0.4, -0.2) is 18.6 Å². The largest absolute Gasteiger partial charge is 0.399 e. The summed E-state index contributed by atoms with van der Waals surface area (Å²) in [6.45, 7) is 0. The normalized spacial score (nSPS) is 11.2. The highest BCUT2D eigenvalue weighted by molar-refractivity contribution is 7.91. The summed E-state index contributed by atoms with van der Waals surface area (Å²) in [6, 6.07) is 9.07. The van der Waals surface area contributed by atoms with Gasteiger partial charge in [-0.15, -0.1) is 0 Å². The Balaban J connectivity index is 2.15. The monoisotopic (exact) mass is 280 g/mol. The number of nitrogens with two attached hydrogens (primary N) is 1. The van der Waals surface area contributed by atoms with Crippen molar-refractivity contribution in [1.29, 1.82) is 0 Å². The molecule has 100 valence electrons. The number of hydrogen-bond donors (Lipinski definition) is 3. The van der Waals surface area contributed by atoms with E-state index in [1.165, 1.54) is 12.1 Å². The molecular weight excluding hydrogens is 268 g/mol. The van der Waals surface area contributed by atoms with Gasteiger partial charge in [-0.3, -0.25) is 9.52 Å². The lowest BCUT2D eigenvalue weighted by Crippen LogP contribution is -2.18. The first-order valence-corrected chi connectivity index (χ1v) is 7.00. The molecule has 19 heavy (non-hydrogen) atoms. The van der Waals surface area contributed by atoms with Crippen molar-refractivity contribution in [3.05, 3.63) is 52.3 Å². The number of rotatable bonds is 4. The molecule has 0 aliphatic carbocycles. The number of H-pyrrole nitrogens is 1. The third kappa shape index (κ3) is 3.81. The van der Waals surface area contributed by atoms with E-state index in [-0.39, 0.29) is 11.6 Å². The van der Waals surface area contributed by atoms with Gasteiger partial charge in [0.15, 0.2) is 5.82 Å². The molecule has 0 bridgehead atoms. The number of sulfonamides is 1. The van der Waals surface area contributed by atoms with Gasteiger partial charge < -0.3 is 5.73 Å². The van der Waals surface area contributed by atoms with E-state index < -0.39 is 15.6 Å². The molecule has 0 radical (unpaired) electrons. The molecule has 0 aliphatic rings. The molecule has 0 amide bonds. The van der Waals surface area contributed by atoms with Gasteiger partial charge in [-0.1, -0.05) is 12.1 Å². The lowest BCUT2D eigenvalue weighted by molar-refractivity contribution is 0.600. The van der Waals surface area contributed by atoms with Crippen molar-refractivity contribution in [2.45, 2.75) is 5.75 Å². The maximum atomic E-state index is 11.9. The van der Waals surface area contributed by atoms with Crippen LogP contribution in [0.5, 0.6) is 0 Å². The zero-order valence-electron chi connectivity index (χ0n) is 9.83. The predicted octanol–water partition coefficient (Wildman–Crippen LogP) is 0.294. The molecule has 2 rings (SSSR count). The maximum Gasteiger partial charge on any atom is 0.264 e. The average molecular weight is 280 g/mol. The van der Waals surface area contributed by atoms with E-state index in [2.05, 4.69) is 14.9 Å². The molecule has 4 N–H and O–H groups in total. The van der Waals surface area contributed by atoms with Crippen LogP contribution in [0.2, 0.25) is 0 Å². The summed E-state index contributed by atoms with van der Waals surface area (Å²) in [5.41, 5.74) is 6.24. The Morgan fingerprint density at radius 2 is 2.05 bits per heavy atom. The van der Waals surface area contributed by atoms with Crippen molar-refractivity contribution >= 4 is 21.5 Å². The molecular formula is C11H12N4O3S. The van der Waals surface area contributed by atoms with Gasteiger partial charge in [0.2, 0.25) is 10.0 Å². The average Bonchev–Trinajstić information content (AvgIpc) is 2.31. The molecule has 1 aromatic carbocycles. The number of aromatic nitrogens is 2. The van der Waals surface area contributed by atoms with Gasteiger partial charge in [0.25, 0.3) is 5.56 Å². The third-order valence-electron chi connectivity index (χ3n) is 2.25. The molecule has 0 spiro atoms. The fraction of sp³-hybridized carbons (Fsp3) is 0.0909. The highest BCUT2D eigenvalue weighted by Gasteiger charge is 2.12. The summed E-state index contributed by atoms with van der Waals surface area (Å²) in [5.74, 6) is -0.165. The van der Waals surface area contributed by atoms with Crippen molar-refractivity contribution in [1.82, 2.24) is 10.2 Å². The SMILES string of the molecule is Nc1cccc(CS(=O)(=O)Nc2ccc(=O)[nH]n2)c1. The van der Waals surface area contributed by atoms with Crippen molar-refractivity contribution in [3.63, 3.8) is 0 Å². The Bertz CT molecular complexity index is 719. The van der Waals surface area contributed by atoms with Gasteiger partial charge in [-0.25, -0.2) is 13.5 Å². The van der Waals surface area contributed by atoms with Crippen LogP contribution in [0.4, 0.5) is 11.5 Å². The van der Waals surface area contributed by atoms with Crippen LogP contribution in [0.1, 0.15) is 5.56 Å². The van der Waals surface area contributed by atoms with E-state index in [1.54, 1.807) is 24.3 Å². The van der Waals surface area contributed by atoms with E-state index in [4.69, 9.17) is 5.73 Å². The van der Waals surface area contributed by atoms with Crippen LogP contribution in [0.15, 0.2) is 41.2 Å². The number of hydrogen-bond acceptors (Lipinski definition) is 5. The lowest BCUT2D eigenvalue weighted by Gasteiger charge is -2.07. The standard InChI is InChI=1S/C11H12N4O3S/c12-9-3-1-2-8(6-9)7-19(17,18)15-10-4-5-11(16)14-13-10/h1-6H,7,12H2,(H,13,15)(H,14,16). The first kappa shape index (κ1) is 13.1. The summed E-state index contributed by atoms with van der Waals surface area (Å²) >= 11 is 0. The maximum absolute atomic E-state index is 11.9. The minimum atomic E-state index is -3.61. The van der Waals surface area contributed by atoms with Crippen LogP contribution >= 0.6 is 0 Å². The molecule has 0 saturated heterocycles. The number of aromatic amines is 1. The molecule has 1 heterocycles. The number of nitrogens with zero attached hydrogens (tertiary/aromatic N) is 1. The zero-order chi connectivity index (χ0) is 13.9. The van der Waals surface area contributed by atoms with Crippen LogP contribution in [0.3, 0.4) is 0 Å². The Morgan fingerprint density at radius 1 is 1.26 bits per heavy atom. The van der Waals surface area contributed by atoms with Crippen molar-refractivity contribution in [2.75, 3.05) is 10.5 Å². The molecule has 7 nitrogen and oxygen atoms in total. The van der Waals surface area contributed by atoms with E-state index in [0.717, 1.165) is 0 Å². The quantitative estimate of drug-likeness (QED) is 0.696. The van der Waals surface area contributed by atoms with Crippen molar-refractivity contribution < 1.29 is 8.42 Å². The van der Waals surface area contributed by atoms with E-state index in [1.807, 2.05) is 0 Å². The second-order valence-corrected chi connectivity index (χ2v) is 5.63. The van der Waals surface area contributed by atoms with Gasteiger partial charge in [0.1, 0.15) is 0 Å². The second-order valence-electron chi connectivity index (χ2n) is 3.91. The van der Waals surface area contributed by atoms with Crippen molar-refractivity contribution in [3.8, 4) is 0 Å². The highest BCUT2D eigenvalue weighted by Crippen LogP contribution is 2.12. The summed E-state index contributed by atoms with van der Waals surface area (Å²) in [7, 11) is -3.61. The van der Waals surface area contributed by atoms with E-state index in [0.29, 0.717) is 11.3 Å². The van der Waals surface area contributed by atoms with Crippen molar-refractivity contribution in [2.24, 2.45) is 0 Å². The predicted molar refractivity (Wildman–Crippen MR) is 72.0 cm³/mol. The Labute approximate surface area is 109 Å². The summed E-state index contributed by atoms with van der Waals surface area (Å²) in [6.07, 6.45) is 0. The molecule has 0 atom stereocenters. The number of benzene rings is 1. The fourth-order valence-electron chi connectivity index (χ4n) is 1.50. The Morgan fingerprint density at radius 3 is 2.68 bits per heavy atom. The molecule has 0 aliphatic heterocycles. The van der Waals surface area contributed by atoms with Crippen LogP contribution < -0.4 is 16.0 Å². The van der Waals surface area contributed by atoms with Gasteiger partial charge in [-0.2, -0.15) is 5.10 Å². The summed E-state index contributed by atoms with van der Waals surface area (Å²) in [4.78, 5) is 10.8. The lowest BCUT2D eigenvalue weighted by atomic mass is 10.2. The van der Waals surface area contributed by atoms with Gasteiger partial charge >= 0.3 is 0 Å².